The third kappa shape index (κ3) is 4.10. The van der Waals surface area contributed by atoms with Crippen LogP contribution < -0.4 is 4.74 Å². The zero-order chi connectivity index (χ0) is 12.8. The highest BCUT2D eigenvalue weighted by atomic mass is 35.5. The fourth-order valence-corrected chi connectivity index (χ4v) is 1.73. The number of carbonyl (C=O) groups excluding carboxylic acids is 1. The summed E-state index contributed by atoms with van der Waals surface area (Å²) in [5.41, 5.74) is 0.853. The Morgan fingerprint density at radius 2 is 1.94 bits per heavy atom. The van der Waals surface area contributed by atoms with Crippen LogP contribution >= 0.6 is 23.2 Å². The van der Waals surface area contributed by atoms with E-state index in [4.69, 9.17) is 27.9 Å². The van der Waals surface area contributed by atoms with Gasteiger partial charge in [-0.3, -0.25) is 4.79 Å². The number of halogens is 2. The highest BCUT2D eigenvalue weighted by Gasteiger charge is 2.10. The summed E-state index contributed by atoms with van der Waals surface area (Å²) in [4.78, 5) is 11.1. The topological polar surface area (TPSA) is 35.5 Å². The highest BCUT2D eigenvalue weighted by Crippen LogP contribution is 2.31. The highest BCUT2D eigenvalue weighted by molar-refractivity contribution is 6.42. The summed E-state index contributed by atoms with van der Waals surface area (Å²) in [6.07, 6.45) is 0.799. The first-order chi connectivity index (χ1) is 8.08. The molecule has 5 heteroatoms. The molecule has 0 saturated carbocycles. The molecule has 1 aromatic rings. The Labute approximate surface area is 111 Å². The molecule has 0 radical (unpaired) electrons. The molecule has 0 aliphatic heterocycles. The number of hydrogen-bond acceptors (Lipinski definition) is 3. The van der Waals surface area contributed by atoms with Crippen molar-refractivity contribution in [3.05, 3.63) is 27.7 Å². The van der Waals surface area contributed by atoms with Gasteiger partial charge in [-0.15, -0.1) is 0 Å². The van der Waals surface area contributed by atoms with Crippen molar-refractivity contribution < 1.29 is 14.3 Å². The molecule has 0 spiro atoms. The van der Waals surface area contributed by atoms with Crippen LogP contribution in [0.25, 0.3) is 0 Å². The maximum atomic E-state index is 11.1. The van der Waals surface area contributed by atoms with Crippen molar-refractivity contribution >= 4 is 29.2 Å². The fraction of sp³-hybridized carbons (Fsp3) is 0.417. The van der Waals surface area contributed by atoms with Crippen LogP contribution in [0, 0.1) is 0 Å². The summed E-state index contributed by atoms with van der Waals surface area (Å²) in [6, 6.07) is 3.39. The van der Waals surface area contributed by atoms with Crippen molar-refractivity contribution in [2.45, 2.75) is 19.8 Å². The van der Waals surface area contributed by atoms with Crippen molar-refractivity contribution in [2.24, 2.45) is 0 Å². The Bertz CT molecular complexity index is 405. The Kier molecular flexibility index (Phi) is 5.59. The zero-order valence-corrected chi connectivity index (χ0v) is 11.3. The molecule has 0 aliphatic rings. The number of carbonyl (C=O) groups is 1. The van der Waals surface area contributed by atoms with Gasteiger partial charge in [0.2, 0.25) is 0 Å². The molecule has 1 aromatic carbocycles. The number of benzene rings is 1. The number of hydrogen-bond donors (Lipinski definition) is 0. The molecule has 0 heterocycles. The summed E-state index contributed by atoms with van der Waals surface area (Å²) in [5.74, 6) is 0.393. The molecular weight excluding hydrogens is 263 g/mol. The molecular formula is C12H14Cl2O3. The Balaban J connectivity index is 2.87. The van der Waals surface area contributed by atoms with E-state index in [2.05, 4.69) is 4.74 Å². The van der Waals surface area contributed by atoms with E-state index in [9.17, 15) is 4.79 Å². The van der Waals surface area contributed by atoms with E-state index in [1.165, 1.54) is 7.11 Å². The van der Waals surface area contributed by atoms with Gasteiger partial charge in [-0.1, -0.05) is 23.2 Å². The Hall–Kier alpha value is -0.930. The third-order valence-electron chi connectivity index (χ3n) is 2.23. The van der Waals surface area contributed by atoms with Gasteiger partial charge in [0, 0.05) is 12.5 Å². The maximum absolute atomic E-state index is 11.1. The average molecular weight is 277 g/mol. The zero-order valence-electron chi connectivity index (χ0n) is 9.76. The van der Waals surface area contributed by atoms with Crippen LogP contribution in [-0.2, 0) is 16.0 Å². The van der Waals surface area contributed by atoms with Gasteiger partial charge in [0.1, 0.15) is 5.75 Å². The minimum Gasteiger partial charge on any atom is -0.494 e. The van der Waals surface area contributed by atoms with Crippen LogP contribution in [0.15, 0.2) is 12.1 Å². The molecule has 0 aliphatic carbocycles. The van der Waals surface area contributed by atoms with E-state index in [1.807, 2.05) is 6.92 Å². The van der Waals surface area contributed by atoms with E-state index in [-0.39, 0.29) is 12.4 Å². The van der Waals surface area contributed by atoms with Crippen molar-refractivity contribution in [2.75, 3.05) is 13.7 Å². The monoisotopic (exact) mass is 276 g/mol. The fourth-order valence-electron chi connectivity index (χ4n) is 1.39. The second kappa shape index (κ2) is 6.72. The molecule has 0 fully saturated rings. The lowest BCUT2D eigenvalue weighted by Crippen LogP contribution is -2.04. The Morgan fingerprint density at radius 3 is 2.53 bits per heavy atom. The molecule has 0 bridgehead atoms. The summed E-state index contributed by atoms with van der Waals surface area (Å²) in [5, 5.41) is 0.895. The smallest absolute Gasteiger partial charge is 0.305 e. The molecule has 3 nitrogen and oxygen atoms in total. The minimum absolute atomic E-state index is 0.265. The summed E-state index contributed by atoms with van der Waals surface area (Å²) < 4.78 is 10.0. The predicted molar refractivity (Wildman–Crippen MR) is 68.0 cm³/mol. The molecule has 0 N–H and O–H groups in total. The van der Waals surface area contributed by atoms with Gasteiger partial charge in [0.25, 0.3) is 0 Å². The molecule has 0 saturated heterocycles. The van der Waals surface area contributed by atoms with E-state index < -0.39 is 0 Å². The molecule has 0 amide bonds. The largest absolute Gasteiger partial charge is 0.494 e. The first kappa shape index (κ1) is 14.1. The third-order valence-corrected chi connectivity index (χ3v) is 2.95. The van der Waals surface area contributed by atoms with E-state index >= 15 is 0 Å². The van der Waals surface area contributed by atoms with Gasteiger partial charge in [0.15, 0.2) is 0 Å². The number of ether oxygens (including phenoxy) is 2. The lowest BCUT2D eigenvalue weighted by atomic mass is 10.1. The molecule has 0 atom stereocenters. The number of rotatable bonds is 5. The number of methoxy groups -OCH3 is 1. The van der Waals surface area contributed by atoms with Gasteiger partial charge in [0.05, 0.1) is 23.8 Å². The lowest BCUT2D eigenvalue weighted by Gasteiger charge is -2.11. The van der Waals surface area contributed by atoms with Gasteiger partial charge in [-0.05, 0) is 25.0 Å². The van der Waals surface area contributed by atoms with Crippen LogP contribution in [0.3, 0.4) is 0 Å². The lowest BCUT2D eigenvalue weighted by molar-refractivity contribution is -0.140. The maximum Gasteiger partial charge on any atom is 0.305 e. The van der Waals surface area contributed by atoms with Crippen LogP contribution in [0.5, 0.6) is 5.75 Å². The first-order valence-corrected chi connectivity index (χ1v) is 6.01. The van der Waals surface area contributed by atoms with Crippen molar-refractivity contribution in [1.82, 2.24) is 0 Å². The van der Waals surface area contributed by atoms with E-state index in [1.54, 1.807) is 12.1 Å². The summed E-state index contributed by atoms with van der Waals surface area (Å²) in [6.45, 7) is 2.41. The average Bonchev–Trinajstić information content (AvgIpc) is 2.31. The van der Waals surface area contributed by atoms with Crippen LogP contribution in [-0.4, -0.2) is 19.7 Å². The predicted octanol–water partition coefficient (Wildman–Crippen LogP) is 3.50. The standard InChI is InChI=1S/C12H14Cl2O3/c1-3-17-11-7-10(14)9(13)6-8(11)4-5-12(15)16-2/h6-7H,3-5H2,1-2H3. The van der Waals surface area contributed by atoms with Gasteiger partial charge < -0.3 is 9.47 Å². The van der Waals surface area contributed by atoms with Crippen molar-refractivity contribution in [1.29, 1.82) is 0 Å². The minimum atomic E-state index is -0.265. The van der Waals surface area contributed by atoms with Crippen LogP contribution in [0.4, 0.5) is 0 Å². The number of aryl methyl sites for hydroxylation is 1. The van der Waals surface area contributed by atoms with Crippen LogP contribution in [0.1, 0.15) is 18.9 Å². The first-order valence-electron chi connectivity index (χ1n) is 5.26. The summed E-state index contributed by atoms with van der Waals surface area (Å²) in [7, 11) is 1.36. The van der Waals surface area contributed by atoms with Crippen molar-refractivity contribution in [3.8, 4) is 5.75 Å². The second-order valence-corrected chi connectivity index (χ2v) is 4.20. The normalized spacial score (nSPS) is 10.1. The quantitative estimate of drug-likeness (QED) is 0.773. The molecule has 0 unspecified atom stereocenters. The summed E-state index contributed by atoms with van der Waals surface area (Å²) >= 11 is 11.8. The number of esters is 1. The van der Waals surface area contributed by atoms with Gasteiger partial charge in [-0.2, -0.15) is 0 Å². The molecule has 1 rings (SSSR count). The van der Waals surface area contributed by atoms with Gasteiger partial charge in [-0.25, -0.2) is 0 Å². The SMILES string of the molecule is CCOc1cc(Cl)c(Cl)cc1CCC(=O)OC. The Morgan fingerprint density at radius 1 is 1.29 bits per heavy atom. The van der Waals surface area contributed by atoms with E-state index in [0.29, 0.717) is 28.8 Å². The molecule has 0 aromatic heterocycles. The van der Waals surface area contributed by atoms with E-state index in [0.717, 1.165) is 5.56 Å². The molecule has 17 heavy (non-hydrogen) atoms. The molecule has 94 valence electrons. The van der Waals surface area contributed by atoms with Gasteiger partial charge >= 0.3 is 5.97 Å². The second-order valence-electron chi connectivity index (χ2n) is 3.38. The van der Waals surface area contributed by atoms with Crippen molar-refractivity contribution in [3.63, 3.8) is 0 Å². The van der Waals surface area contributed by atoms with Crippen LogP contribution in [0.2, 0.25) is 10.0 Å².